The molecule has 2 aromatic heterocycles. The number of hydrogen-bond acceptors (Lipinski definition) is 3. The number of carbonyl (C=O) groups excluding carboxylic acids is 1. The molecule has 0 aliphatic carbocycles. The first-order valence-corrected chi connectivity index (χ1v) is 10.8. The summed E-state index contributed by atoms with van der Waals surface area (Å²) in [4.78, 5) is 17.1. The van der Waals surface area contributed by atoms with Crippen LogP contribution in [0.5, 0.6) is 0 Å². The maximum Gasteiger partial charge on any atom is 0.324 e. The Morgan fingerprint density at radius 2 is 1.94 bits per heavy atom. The molecule has 8 heteroatoms. The molecule has 0 spiro atoms. The number of fused-ring (bicyclic) bond motifs is 1. The Bertz CT molecular complexity index is 1240. The van der Waals surface area contributed by atoms with Gasteiger partial charge in [-0.2, -0.15) is 5.10 Å². The summed E-state index contributed by atoms with van der Waals surface area (Å²) >= 11 is 12.2. The average Bonchev–Trinajstić information content (AvgIpc) is 3.17. The molecule has 0 saturated carbocycles. The van der Waals surface area contributed by atoms with Crippen molar-refractivity contribution in [1.82, 2.24) is 14.8 Å². The van der Waals surface area contributed by atoms with Gasteiger partial charge >= 0.3 is 6.03 Å². The Morgan fingerprint density at radius 3 is 2.77 bits per heavy atom. The van der Waals surface area contributed by atoms with Crippen molar-refractivity contribution in [3.05, 3.63) is 76.5 Å². The number of urea groups is 1. The number of nitrogens with one attached hydrogen (secondary N) is 2. The second kappa shape index (κ2) is 9.37. The first kappa shape index (κ1) is 21.2. The monoisotopic (exact) mass is 453 g/mol. The number of benzene rings is 2. The molecule has 6 nitrogen and oxygen atoms in total. The van der Waals surface area contributed by atoms with E-state index in [9.17, 15) is 4.79 Å². The lowest BCUT2D eigenvalue weighted by molar-refractivity contribution is 0.262. The van der Waals surface area contributed by atoms with Crippen LogP contribution in [0, 0.1) is 0 Å². The Hall–Kier alpha value is -3.09. The summed E-state index contributed by atoms with van der Waals surface area (Å²) < 4.78 is 1.73. The molecular weight excluding hydrogens is 433 g/mol. The fourth-order valence-electron chi connectivity index (χ4n) is 3.26. The minimum absolute atomic E-state index is 0.290. The van der Waals surface area contributed by atoms with E-state index < -0.39 is 6.03 Å². The number of amides is 2. The third-order valence-electron chi connectivity index (χ3n) is 4.82. The Balaban J connectivity index is 1.64. The van der Waals surface area contributed by atoms with E-state index in [-0.39, 0.29) is 0 Å². The highest BCUT2D eigenvalue weighted by molar-refractivity contribution is 6.44. The molecule has 2 amide bonds. The van der Waals surface area contributed by atoms with E-state index in [0.717, 1.165) is 41.5 Å². The summed E-state index contributed by atoms with van der Waals surface area (Å²) in [7, 11) is 0. The van der Waals surface area contributed by atoms with Crippen LogP contribution in [-0.2, 0) is 6.42 Å². The largest absolute Gasteiger partial charge is 0.324 e. The van der Waals surface area contributed by atoms with Crippen molar-refractivity contribution in [1.29, 1.82) is 0 Å². The summed E-state index contributed by atoms with van der Waals surface area (Å²) in [6, 6.07) is 16.3. The smallest absolute Gasteiger partial charge is 0.306 e. The molecule has 2 N–H and O–H groups in total. The molecule has 4 rings (SSSR count). The lowest BCUT2D eigenvalue weighted by Gasteiger charge is -2.12. The topological polar surface area (TPSA) is 71.8 Å². The number of aryl methyl sites for hydroxylation is 1. The van der Waals surface area contributed by atoms with Crippen LogP contribution >= 0.6 is 23.2 Å². The molecule has 31 heavy (non-hydrogen) atoms. The van der Waals surface area contributed by atoms with Crippen LogP contribution in [0.4, 0.5) is 16.3 Å². The molecule has 0 radical (unpaired) electrons. The third kappa shape index (κ3) is 4.81. The highest BCUT2D eigenvalue weighted by Crippen LogP contribution is 2.30. The van der Waals surface area contributed by atoms with E-state index in [4.69, 9.17) is 28.3 Å². The van der Waals surface area contributed by atoms with Crippen molar-refractivity contribution in [2.24, 2.45) is 0 Å². The van der Waals surface area contributed by atoms with E-state index in [0.29, 0.717) is 21.6 Å². The minimum Gasteiger partial charge on any atom is -0.306 e. The van der Waals surface area contributed by atoms with E-state index in [2.05, 4.69) is 22.5 Å². The van der Waals surface area contributed by atoms with Crippen molar-refractivity contribution < 1.29 is 4.79 Å². The number of pyridine rings is 1. The Morgan fingerprint density at radius 1 is 1.06 bits per heavy atom. The number of hydrogen-bond donors (Lipinski definition) is 2. The third-order valence-corrected chi connectivity index (χ3v) is 5.64. The number of unbranched alkanes of at least 4 members (excludes halogenated alkanes) is 1. The number of carbonyl (C=O) groups is 1. The van der Waals surface area contributed by atoms with E-state index in [1.54, 1.807) is 29.1 Å². The zero-order chi connectivity index (χ0) is 21.8. The zero-order valence-electron chi connectivity index (χ0n) is 16.9. The highest BCUT2D eigenvalue weighted by atomic mass is 35.5. The highest BCUT2D eigenvalue weighted by Gasteiger charge is 2.14. The van der Waals surface area contributed by atoms with Gasteiger partial charge in [-0.05, 0) is 49.2 Å². The number of rotatable bonds is 6. The van der Waals surface area contributed by atoms with Gasteiger partial charge in [0.2, 0.25) is 0 Å². The van der Waals surface area contributed by atoms with E-state index >= 15 is 0 Å². The molecular formula is C23H21Cl2N5O. The first-order chi connectivity index (χ1) is 15.0. The molecule has 0 aliphatic heterocycles. The molecule has 158 valence electrons. The van der Waals surface area contributed by atoms with Crippen LogP contribution in [0.2, 0.25) is 10.0 Å². The van der Waals surface area contributed by atoms with Gasteiger partial charge in [0.15, 0.2) is 0 Å². The molecule has 0 bridgehead atoms. The molecule has 0 unspecified atom stereocenters. The van der Waals surface area contributed by atoms with Gasteiger partial charge in [-0.3, -0.25) is 10.3 Å². The lowest BCUT2D eigenvalue weighted by atomic mass is 10.2. The van der Waals surface area contributed by atoms with Gasteiger partial charge in [0.1, 0.15) is 5.82 Å². The van der Waals surface area contributed by atoms with Gasteiger partial charge in [-0.1, -0.05) is 48.7 Å². The standard InChI is InChI=1S/C23H21Cl2N5O/c1-2-3-7-16-14-21(28-23(31)27-20-9-4-8-18(24)22(20)25)30(29-16)17-10-11-19-15(13-17)6-5-12-26-19/h4-6,8-14H,2-3,7H2,1H3,(H2,27,28,31). The minimum atomic E-state index is -0.435. The second-order valence-electron chi connectivity index (χ2n) is 7.10. The summed E-state index contributed by atoms with van der Waals surface area (Å²) in [5.41, 5.74) is 3.07. The molecule has 0 atom stereocenters. The van der Waals surface area contributed by atoms with Crippen LogP contribution in [0.25, 0.3) is 16.6 Å². The molecule has 0 fully saturated rings. The van der Waals surface area contributed by atoms with Crippen LogP contribution in [-0.4, -0.2) is 20.8 Å². The van der Waals surface area contributed by atoms with Gasteiger partial charge in [-0.15, -0.1) is 0 Å². The fraction of sp³-hybridized carbons (Fsp3) is 0.174. The van der Waals surface area contributed by atoms with Crippen molar-refractivity contribution in [3.63, 3.8) is 0 Å². The van der Waals surface area contributed by atoms with Crippen LogP contribution < -0.4 is 10.6 Å². The molecule has 0 saturated heterocycles. The predicted molar refractivity (Wildman–Crippen MR) is 127 cm³/mol. The number of halogens is 2. The van der Waals surface area contributed by atoms with Gasteiger partial charge in [0.05, 0.1) is 32.6 Å². The summed E-state index contributed by atoms with van der Waals surface area (Å²) in [5, 5.41) is 12.0. The summed E-state index contributed by atoms with van der Waals surface area (Å²) in [5.74, 6) is 0.560. The lowest BCUT2D eigenvalue weighted by Crippen LogP contribution is -2.21. The van der Waals surface area contributed by atoms with Gasteiger partial charge in [0.25, 0.3) is 0 Å². The zero-order valence-corrected chi connectivity index (χ0v) is 18.4. The average molecular weight is 454 g/mol. The van der Waals surface area contributed by atoms with Gasteiger partial charge in [-0.25, -0.2) is 9.48 Å². The molecule has 0 aliphatic rings. The maximum absolute atomic E-state index is 12.7. The van der Waals surface area contributed by atoms with Crippen molar-refractivity contribution in [2.75, 3.05) is 10.6 Å². The van der Waals surface area contributed by atoms with Crippen LogP contribution in [0.3, 0.4) is 0 Å². The quantitative estimate of drug-likeness (QED) is 0.340. The number of anilines is 2. The summed E-state index contributed by atoms with van der Waals surface area (Å²) in [6.45, 7) is 2.13. The van der Waals surface area contributed by atoms with Gasteiger partial charge < -0.3 is 5.32 Å². The second-order valence-corrected chi connectivity index (χ2v) is 7.88. The van der Waals surface area contributed by atoms with Crippen molar-refractivity contribution >= 4 is 51.6 Å². The molecule has 2 aromatic carbocycles. The maximum atomic E-state index is 12.7. The van der Waals surface area contributed by atoms with Crippen LogP contribution in [0.15, 0.2) is 60.8 Å². The first-order valence-electron chi connectivity index (χ1n) is 10.0. The van der Waals surface area contributed by atoms with E-state index in [1.165, 1.54) is 0 Å². The fourth-order valence-corrected chi connectivity index (χ4v) is 3.61. The Kier molecular flexibility index (Phi) is 6.39. The number of aromatic nitrogens is 3. The number of nitrogens with zero attached hydrogens (tertiary/aromatic N) is 3. The SMILES string of the molecule is CCCCc1cc(NC(=O)Nc2cccc(Cl)c2Cl)n(-c2ccc3ncccc3c2)n1. The predicted octanol–water partition coefficient (Wildman–Crippen LogP) is 6.71. The molecule has 4 aromatic rings. The van der Waals surface area contributed by atoms with Gasteiger partial charge in [0, 0.05) is 17.6 Å². The summed E-state index contributed by atoms with van der Waals surface area (Å²) in [6.07, 6.45) is 4.67. The molecule has 2 heterocycles. The van der Waals surface area contributed by atoms with Crippen molar-refractivity contribution in [2.45, 2.75) is 26.2 Å². The van der Waals surface area contributed by atoms with Crippen molar-refractivity contribution in [3.8, 4) is 5.69 Å². The Labute approximate surface area is 190 Å². The van der Waals surface area contributed by atoms with Crippen LogP contribution in [0.1, 0.15) is 25.5 Å². The van der Waals surface area contributed by atoms with E-state index in [1.807, 2.05) is 36.4 Å². The normalized spacial score (nSPS) is 10.9.